The Kier molecular flexibility index (Phi) is 9.33. The fourth-order valence-corrected chi connectivity index (χ4v) is 12.3. The molecule has 0 spiro atoms. The monoisotopic (exact) mass is 782 g/mol. The molecule has 2 fully saturated rings. The van der Waals surface area contributed by atoms with E-state index in [0.717, 1.165) is 116 Å². The zero-order chi connectivity index (χ0) is 39.8. The van der Waals surface area contributed by atoms with Crippen molar-refractivity contribution in [3.8, 4) is 11.1 Å². The predicted molar refractivity (Wildman–Crippen MR) is 234 cm³/mol. The summed E-state index contributed by atoms with van der Waals surface area (Å²) in [5.74, 6) is 0.451. The van der Waals surface area contributed by atoms with Crippen molar-refractivity contribution in [2.45, 2.75) is 128 Å². The Morgan fingerprint density at radius 3 is 2.02 bits per heavy atom. The van der Waals surface area contributed by atoms with Crippen molar-refractivity contribution in [3.05, 3.63) is 117 Å². The Morgan fingerprint density at radius 1 is 0.593 bits per heavy atom. The number of benzene rings is 5. The lowest BCUT2D eigenvalue weighted by Gasteiger charge is -2.37. The number of fused-ring (bicyclic) bond motifs is 2. The minimum absolute atomic E-state index is 0.0298. The Morgan fingerprint density at radius 2 is 1.25 bits per heavy atom. The van der Waals surface area contributed by atoms with Crippen molar-refractivity contribution in [3.63, 3.8) is 0 Å². The Bertz CT molecular complexity index is 2690. The van der Waals surface area contributed by atoms with Crippen molar-refractivity contribution in [2.24, 2.45) is 5.92 Å². The summed E-state index contributed by atoms with van der Waals surface area (Å²) in [6, 6.07) is 26.0. The number of ether oxygens (including phenoxy) is 1. The van der Waals surface area contributed by atoms with E-state index in [-0.39, 0.29) is 29.8 Å². The maximum Gasteiger partial charge on any atom is 0.261 e. The SMILES string of the molecule is CC[C@H]1CCc2c(c(-c3ccc4c5c(cccc35)C(=O)N(C3CCCCC3)C4=O)c3ccccc3c2C2=c3cccc4c3=C(CC2)C(=O)N(C2CCCCC2)COC4)C1. The molecule has 2 saturated carbocycles. The van der Waals surface area contributed by atoms with Crippen molar-refractivity contribution in [1.82, 2.24) is 9.80 Å². The molecule has 2 heterocycles. The first kappa shape index (κ1) is 37.0. The molecular weight excluding hydrogens is 729 g/mol. The minimum Gasteiger partial charge on any atom is -0.356 e. The zero-order valence-electron chi connectivity index (χ0n) is 34.4. The molecule has 6 heteroatoms. The van der Waals surface area contributed by atoms with Gasteiger partial charge in [0.15, 0.2) is 0 Å². The average molecular weight is 783 g/mol. The van der Waals surface area contributed by atoms with E-state index in [9.17, 15) is 14.4 Å². The molecule has 300 valence electrons. The average Bonchev–Trinajstić information content (AvgIpc) is 3.28. The van der Waals surface area contributed by atoms with Gasteiger partial charge in [-0.2, -0.15) is 0 Å². The second-order valence-corrected chi connectivity index (χ2v) is 18.3. The molecule has 4 aliphatic carbocycles. The maximum absolute atomic E-state index is 14.6. The summed E-state index contributed by atoms with van der Waals surface area (Å²) in [5, 5.41) is 6.52. The van der Waals surface area contributed by atoms with Gasteiger partial charge >= 0.3 is 0 Å². The lowest BCUT2D eigenvalue weighted by Crippen LogP contribution is -2.48. The topological polar surface area (TPSA) is 66.9 Å². The molecule has 11 rings (SSSR count). The number of rotatable bonds is 5. The zero-order valence-corrected chi connectivity index (χ0v) is 34.4. The highest BCUT2D eigenvalue weighted by Crippen LogP contribution is 2.48. The standard InChI is InChI=1S/C53H54N2O4/c1-2-32-23-24-42-46(29-32)49(41-26-28-45-50-39(41)21-12-22-43(50)52(57)55(53(45)58)35-16-7-4-8-17-35)38-19-10-9-18-37(38)48(42)40-25-27-44-47-33(13-11-20-36(40)47)30-59-31-54(51(44)56)34-14-5-3-6-15-34/h9-13,18-22,26,28,32,34-35H,2-8,14-17,23-25,27,29-31H2,1H3/t32-/m0/s1. The van der Waals surface area contributed by atoms with E-state index in [1.165, 1.54) is 63.1 Å². The molecule has 0 unspecified atom stereocenters. The van der Waals surface area contributed by atoms with E-state index in [1.54, 1.807) is 4.90 Å². The van der Waals surface area contributed by atoms with Gasteiger partial charge in [-0.25, -0.2) is 0 Å². The van der Waals surface area contributed by atoms with Crippen LogP contribution in [0.1, 0.15) is 140 Å². The number of nitrogens with zero attached hydrogens (tertiary/aromatic N) is 2. The molecule has 0 bridgehead atoms. The lowest BCUT2D eigenvalue weighted by molar-refractivity contribution is -0.136. The normalized spacial score (nSPS) is 21.5. The molecule has 6 aliphatic rings. The summed E-state index contributed by atoms with van der Waals surface area (Å²) in [6.07, 6.45) is 16.5. The van der Waals surface area contributed by atoms with Crippen LogP contribution in [0, 0.1) is 5.92 Å². The van der Waals surface area contributed by atoms with Crippen molar-refractivity contribution in [1.29, 1.82) is 0 Å². The molecule has 6 nitrogen and oxygen atoms in total. The molecule has 0 radical (unpaired) electrons. The highest BCUT2D eigenvalue weighted by atomic mass is 16.5. The third kappa shape index (κ3) is 5.87. The van der Waals surface area contributed by atoms with Crippen LogP contribution in [-0.4, -0.2) is 46.3 Å². The molecule has 5 aromatic carbocycles. The van der Waals surface area contributed by atoms with E-state index in [4.69, 9.17) is 4.74 Å². The van der Waals surface area contributed by atoms with E-state index < -0.39 is 0 Å². The van der Waals surface area contributed by atoms with Crippen LogP contribution in [0.2, 0.25) is 0 Å². The number of amides is 3. The van der Waals surface area contributed by atoms with Gasteiger partial charge in [-0.15, -0.1) is 0 Å². The number of imide groups is 1. The Labute approximate surface area is 346 Å². The van der Waals surface area contributed by atoms with Crippen molar-refractivity contribution in [2.75, 3.05) is 6.73 Å². The fourth-order valence-electron chi connectivity index (χ4n) is 12.3. The first-order valence-electron chi connectivity index (χ1n) is 22.8. The Balaban J connectivity index is 1.14. The molecule has 0 N–H and O–H groups in total. The minimum atomic E-state index is -0.140. The van der Waals surface area contributed by atoms with Gasteiger partial charge in [0.2, 0.25) is 0 Å². The van der Waals surface area contributed by atoms with Crippen LogP contribution >= 0.6 is 0 Å². The van der Waals surface area contributed by atoms with Gasteiger partial charge < -0.3 is 9.64 Å². The van der Waals surface area contributed by atoms with Crippen molar-refractivity contribution < 1.29 is 19.1 Å². The summed E-state index contributed by atoms with van der Waals surface area (Å²) in [7, 11) is 0. The molecule has 0 aromatic heterocycles. The number of carbonyl (C=O) groups is 3. The molecule has 0 saturated heterocycles. The van der Waals surface area contributed by atoms with E-state index in [0.29, 0.717) is 30.4 Å². The predicted octanol–water partition coefficient (Wildman–Crippen LogP) is 9.90. The van der Waals surface area contributed by atoms with Crippen LogP contribution in [0.3, 0.4) is 0 Å². The molecular formula is C53H54N2O4. The van der Waals surface area contributed by atoms with Gasteiger partial charge in [0.05, 0.1) is 6.61 Å². The number of hydrogen-bond acceptors (Lipinski definition) is 4. The largest absolute Gasteiger partial charge is 0.356 e. The molecule has 2 aliphatic heterocycles. The quantitative estimate of drug-likeness (QED) is 0.167. The van der Waals surface area contributed by atoms with Gasteiger partial charge in [-0.3, -0.25) is 19.3 Å². The third-order valence-corrected chi connectivity index (χ3v) is 15.2. The maximum atomic E-state index is 14.6. The first-order valence-corrected chi connectivity index (χ1v) is 22.8. The molecule has 1 atom stereocenters. The van der Waals surface area contributed by atoms with E-state index in [1.807, 2.05) is 18.2 Å². The molecule has 59 heavy (non-hydrogen) atoms. The number of hydrogen-bond donors (Lipinski definition) is 0. The van der Waals surface area contributed by atoms with Crippen LogP contribution in [0.5, 0.6) is 0 Å². The smallest absolute Gasteiger partial charge is 0.261 e. The Hall–Kier alpha value is -5.07. The molecule has 5 aromatic rings. The van der Waals surface area contributed by atoms with E-state index >= 15 is 0 Å². The third-order valence-electron chi connectivity index (χ3n) is 15.2. The summed E-state index contributed by atoms with van der Waals surface area (Å²) in [5.41, 5.74) is 11.2. The first-order chi connectivity index (χ1) is 29.0. The second-order valence-electron chi connectivity index (χ2n) is 18.3. The van der Waals surface area contributed by atoms with Crippen LogP contribution in [-0.2, 0) is 29.0 Å². The fraction of sp³-hybridized carbons (Fsp3) is 0.415. The summed E-state index contributed by atoms with van der Waals surface area (Å²) in [6.45, 7) is 3.18. The summed E-state index contributed by atoms with van der Waals surface area (Å²) < 4.78 is 6.35. The van der Waals surface area contributed by atoms with Crippen LogP contribution in [0.25, 0.3) is 43.8 Å². The van der Waals surface area contributed by atoms with Crippen LogP contribution in [0.4, 0.5) is 0 Å². The van der Waals surface area contributed by atoms with Crippen molar-refractivity contribution >= 4 is 50.4 Å². The van der Waals surface area contributed by atoms with Gasteiger partial charge in [-0.05, 0) is 141 Å². The number of carbonyl (C=O) groups excluding carboxylic acids is 3. The van der Waals surface area contributed by atoms with Gasteiger partial charge in [0.1, 0.15) is 6.73 Å². The summed E-state index contributed by atoms with van der Waals surface area (Å²) >= 11 is 0. The highest BCUT2D eigenvalue weighted by molar-refractivity contribution is 6.28. The molecule has 3 amide bonds. The van der Waals surface area contributed by atoms with Gasteiger partial charge in [-0.1, -0.05) is 113 Å². The summed E-state index contributed by atoms with van der Waals surface area (Å²) in [4.78, 5) is 46.9. The van der Waals surface area contributed by atoms with Crippen LogP contribution < -0.4 is 10.4 Å². The second kappa shape index (κ2) is 14.9. The van der Waals surface area contributed by atoms with Gasteiger partial charge in [0, 0.05) is 34.2 Å². The lowest BCUT2D eigenvalue weighted by atomic mass is 9.72. The highest BCUT2D eigenvalue weighted by Gasteiger charge is 2.39. The van der Waals surface area contributed by atoms with Crippen LogP contribution in [0.15, 0.2) is 72.8 Å². The van der Waals surface area contributed by atoms with E-state index in [2.05, 4.69) is 66.4 Å². The van der Waals surface area contributed by atoms with Gasteiger partial charge in [0.25, 0.3) is 17.7 Å².